The molecule has 0 fully saturated rings. The second-order valence-corrected chi connectivity index (χ2v) is 9.67. The van der Waals surface area contributed by atoms with Gasteiger partial charge in [0.2, 0.25) is 5.54 Å². The Kier molecular flexibility index (Phi) is 6.95. The number of ether oxygens (including phenoxy) is 2. The quantitative estimate of drug-likeness (QED) is 0.459. The van der Waals surface area contributed by atoms with Gasteiger partial charge in [-0.1, -0.05) is 48.5 Å². The zero-order chi connectivity index (χ0) is 23.5. The molecule has 170 valence electrons. The minimum Gasteiger partial charge on any atom is -0.479 e. The van der Waals surface area contributed by atoms with Crippen molar-refractivity contribution in [3.8, 4) is 11.1 Å². The maximum atomic E-state index is 12.7. The topological polar surface area (TPSA) is 116 Å². The molecule has 1 aliphatic carbocycles. The number of fused-ring (bicyclic) bond motifs is 3. The van der Waals surface area contributed by atoms with Crippen LogP contribution in [0, 0.1) is 0 Å². The summed E-state index contributed by atoms with van der Waals surface area (Å²) < 4.78 is 10.6. The van der Waals surface area contributed by atoms with E-state index in [4.69, 9.17) is 15.2 Å². The van der Waals surface area contributed by atoms with Gasteiger partial charge in [0.15, 0.2) is 0 Å². The van der Waals surface area contributed by atoms with Crippen molar-refractivity contribution in [1.82, 2.24) is 0 Å². The van der Waals surface area contributed by atoms with E-state index in [2.05, 4.69) is 0 Å². The number of thioether (sulfide) groups is 1. The fraction of sp³-hybridized carbons (Fsp3) is 0.375. The van der Waals surface area contributed by atoms with Gasteiger partial charge < -0.3 is 20.3 Å². The van der Waals surface area contributed by atoms with Gasteiger partial charge in [0.25, 0.3) is 0 Å². The normalized spacial score (nSPS) is 14.8. The van der Waals surface area contributed by atoms with E-state index in [-0.39, 0.29) is 24.0 Å². The van der Waals surface area contributed by atoms with Gasteiger partial charge in [-0.05, 0) is 43.0 Å². The molecule has 7 nitrogen and oxygen atoms in total. The molecule has 0 aliphatic heterocycles. The highest BCUT2D eigenvalue weighted by molar-refractivity contribution is 8.00. The highest BCUT2D eigenvalue weighted by Gasteiger charge is 2.45. The van der Waals surface area contributed by atoms with Gasteiger partial charge in [0, 0.05) is 11.7 Å². The number of nitrogens with two attached hydrogens (primary N) is 1. The highest BCUT2D eigenvalue weighted by atomic mass is 32.2. The zero-order valence-corrected chi connectivity index (χ0v) is 19.1. The third kappa shape index (κ3) is 5.14. The summed E-state index contributed by atoms with van der Waals surface area (Å²) in [5.41, 5.74) is 7.15. The first kappa shape index (κ1) is 23.8. The van der Waals surface area contributed by atoms with Gasteiger partial charge in [-0.15, -0.1) is 11.8 Å². The monoisotopic (exact) mass is 457 g/mol. The molecule has 3 rings (SSSR count). The van der Waals surface area contributed by atoms with Gasteiger partial charge >= 0.3 is 17.9 Å². The number of hydrogen-bond donors (Lipinski definition) is 2. The largest absolute Gasteiger partial charge is 0.479 e. The van der Waals surface area contributed by atoms with Gasteiger partial charge in [0.1, 0.15) is 12.2 Å². The van der Waals surface area contributed by atoms with Crippen LogP contribution in [-0.4, -0.2) is 52.3 Å². The molecule has 0 heterocycles. The maximum absolute atomic E-state index is 12.7. The Morgan fingerprint density at radius 2 is 1.53 bits per heavy atom. The fourth-order valence-electron chi connectivity index (χ4n) is 3.60. The van der Waals surface area contributed by atoms with Gasteiger partial charge in [0.05, 0.1) is 5.75 Å². The van der Waals surface area contributed by atoms with Crippen molar-refractivity contribution in [1.29, 1.82) is 0 Å². The van der Waals surface area contributed by atoms with Crippen LogP contribution in [0.2, 0.25) is 0 Å². The molecule has 0 saturated carbocycles. The average molecular weight is 458 g/mol. The van der Waals surface area contributed by atoms with Crippen molar-refractivity contribution >= 4 is 29.7 Å². The van der Waals surface area contributed by atoms with E-state index < -0.39 is 29.0 Å². The van der Waals surface area contributed by atoms with E-state index in [0.717, 1.165) is 34.0 Å². The molecule has 8 heteroatoms. The first-order chi connectivity index (χ1) is 15.0. The minimum absolute atomic E-state index is 0.0319. The molecule has 1 atom stereocenters. The maximum Gasteiger partial charge on any atom is 0.338 e. The summed E-state index contributed by atoms with van der Waals surface area (Å²) >= 11 is 0.920. The summed E-state index contributed by atoms with van der Waals surface area (Å²) in [6, 6.07) is 15.7. The molecule has 0 aromatic heterocycles. The van der Waals surface area contributed by atoms with Crippen molar-refractivity contribution in [2.45, 2.75) is 37.8 Å². The summed E-state index contributed by atoms with van der Waals surface area (Å²) in [7, 11) is 0. The summed E-state index contributed by atoms with van der Waals surface area (Å²) in [5.74, 6) is -3.71. The van der Waals surface area contributed by atoms with Crippen LogP contribution in [0.1, 0.15) is 37.8 Å². The molecule has 0 bridgehead atoms. The SMILES string of the molecule is CC(C)(C)OC(=O)CSC[C@@](N)(C(=O)O)C(=O)OCC1c2ccccc2-c2ccccc21. The Morgan fingerprint density at radius 1 is 1.00 bits per heavy atom. The van der Waals surface area contributed by atoms with Crippen LogP contribution in [0.25, 0.3) is 11.1 Å². The highest BCUT2D eigenvalue weighted by Crippen LogP contribution is 2.44. The van der Waals surface area contributed by atoms with E-state index in [0.29, 0.717) is 0 Å². The van der Waals surface area contributed by atoms with E-state index in [1.54, 1.807) is 20.8 Å². The number of benzene rings is 2. The van der Waals surface area contributed by atoms with E-state index >= 15 is 0 Å². The molecule has 2 aromatic rings. The predicted octanol–water partition coefficient (Wildman–Crippen LogP) is 3.20. The number of hydrogen-bond acceptors (Lipinski definition) is 7. The first-order valence-electron chi connectivity index (χ1n) is 10.2. The molecular formula is C24H27NO6S. The van der Waals surface area contributed by atoms with Crippen molar-refractivity contribution < 1.29 is 29.0 Å². The van der Waals surface area contributed by atoms with Gasteiger partial charge in [-0.2, -0.15) is 0 Å². The van der Waals surface area contributed by atoms with Crippen LogP contribution >= 0.6 is 11.8 Å². The molecule has 0 amide bonds. The third-order valence-corrected chi connectivity index (χ3v) is 6.16. The molecule has 2 aromatic carbocycles. The first-order valence-corrected chi connectivity index (χ1v) is 11.4. The lowest BCUT2D eigenvalue weighted by Crippen LogP contribution is -2.58. The van der Waals surface area contributed by atoms with Crippen LogP contribution in [0.3, 0.4) is 0 Å². The smallest absolute Gasteiger partial charge is 0.338 e. The lowest BCUT2D eigenvalue weighted by Gasteiger charge is -2.24. The molecule has 0 saturated heterocycles. The van der Waals surface area contributed by atoms with E-state index in [1.165, 1.54) is 0 Å². The Bertz CT molecular complexity index is 986. The summed E-state index contributed by atoms with van der Waals surface area (Å²) in [4.78, 5) is 36.4. The Hall–Kier alpha value is -2.84. The molecule has 32 heavy (non-hydrogen) atoms. The lowest BCUT2D eigenvalue weighted by molar-refractivity contribution is -0.160. The average Bonchev–Trinajstić information content (AvgIpc) is 3.04. The van der Waals surface area contributed by atoms with Crippen LogP contribution in [-0.2, 0) is 23.9 Å². The Labute approximate surface area is 191 Å². The number of rotatable bonds is 8. The molecular weight excluding hydrogens is 430 g/mol. The summed E-state index contributed by atoms with van der Waals surface area (Å²) in [5, 5.41) is 9.61. The molecule has 0 unspecified atom stereocenters. The minimum atomic E-state index is -2.27. The predicted molar refractivity (Wildman–Crippen MR) is 122 cm³/mol. The van der Waals surface area contributed by atoms with Crippen LogP contribution < -0.4 is 5.73 Å². The van der Waals surface area contributed by atoms with E-state index in [1.807, 2.05) is 48.5 Å². The zero-order valence-electron chi connectivity index (χ0n) is 18.3. The molecule has 3 N–H and O–H groups in total. The van der Waals surface area contributed by atoms with Gasteiger partial charge in [-0.25, -0.2) is 9.59 Å². The number of carboxylic acid groups (broad SMARTS) is 1. The van der Waals surface area contributed by atoms with E-state index in [9.17, 15) is 19.5 Å². The fourth-order valence-corrected chi connectivity index (χ4v) is 4.49. The van der Waals surface area contributed by atoms with Crippen molar-refractivity contribution in [2.75, 3.05) is 18.1 Å². The van der Waals surface area contributed by atoms with Crippen molar-refractivity contribution in [3.05, 3.63) is 59.7 Å². The lowest BCUT2D eigenvalue weighted by atomic mass is 9.98. The number of aliphatic carboxylic acids is 1. The Morgan fingerprint density at radius 3 is 2.03 bits per heavy atom. The van der Waals surface area contributed by atoms with Crippen LogP contribution in [0.15, 0.2) is 48.5 Å². The molecule has 0 spiro atoms. The van der Waals surface area contributed by atoms with Crippen LogP contribution in [0.4, 0.5) is 0 Å². The number of carbonyl (C=O) groups is 3. The number of carbonyl (C=O) groups excluding carboxylic acids is 2. The standard InChI is InChI=1S/C24H27NO6S/c1-23(2,3)31-20(26)13-32-14-24(25,21(27)28)22(29)30-12-19-17-10-6-4-8-15(17)16-9-5-7-11-18(16)19/h4-11,19H,12-14,25H2,1-3H3,(H,27,28)/t24-/m1/s1. The number of esters is 2. The Balaban J connectivity index is 1.67. The molecule has 0 radical (unpaired) electrons. The number of carboxylic acids is 1. The summed E-state index contributed by atoms with van der Waals surface area (Å²) in [6.45, 7) is 5.17. The van der Waals surface area contributed by atoms with Crippen molar-refractivity contribution in [2.24, 2.45) is 5.73 Å². The van der Waals surface area contributed by atoms with Crippen LogP contribution in [0.5, 0.6) is 0 Å². The molecule has 1 aliphatic rings. The summed E-state index contributed by atoms with van der Waals surface area (Å²) in [6.07, 6.45) is 0. The van der Waals surface area contributed by atoms with Gasteiger partial charge in [-0.3, -0.25) is 4.79 Å². The second-order valence-electron chi connectivity index (χ2n) is 8.68. The third-order valence-electron chi connectivity index (χ3n) is 5.06. The van der Waals surface area contributed by atoms with Crippen molar-refractivity contribution in [3.63, 3.8) is 0 Å². The second kappa shape index (κ2) is 9.34.